The molecule has 0 bridgehead atoms. The number of likely N-dealkylation sites (N-methyl/N-ethyl adjacent to an activating group) is 1. The molecule has 21 heavy (non-hydrogen) atoms. The van der Waals surface area contributed by atoms with Crippen molar-refractivity contribution < 1.29 is 8.42 Å². The first kappa shape index (κ1) is 17.3. The number of nitrogens with one attached hydrogen (secondary N) is 1. The van der Waals surface area contributed by atoms with Crippen molar-refractivity contribution in [1.29, 1.82) is 0 Å². The lowest BCUT2D eigenvalue weighted by Crippen LogP contribution is -2.33. The van der Waals surface area contributed by atoms with Gasteiger partial charge in [0.25, 0.3) is 10.0 Å². The average molecular weight is 349 g/mol. The van der Waals surface area contributed by atoms with E-state index < -0.39 is 10.0 Å². The molecule has 1 fully saturated rings. The highest BCUT2D eigenvalue weighted by molar-refractivity contribution is 8.00. The second kappa shape index (κ2) is 7.00. The minimum absolute atomic E-state index is 0.164. The van der Waals surface area contributed by atoms with Crippen molar-refractivity contribution in [3.8, 4) is 0 Å². The van der Waals surface area contributed by atoms with Gasteiger partial charge in [-0.05, 0) is 38.6 Å². The SMILES string of the molecule is CNCCc1ccc(S(=O)(=O)N2CCSC(C)(C)CC2)s1. The van der Waals surface area contributed by atoms with E-state index >= 15 is 0 Å². The fourth-order valence-electron chi connectivity index (χ4n) is 2.25. The Hall–Kier alpha value is -0.0800. The minimum Gasteiger partial charge on any atom is -0.319 e. The summed E-state index contributed by atoms with van der Waals surface area (Å²) in [7, 11) is -1.42. The summed E-state index contributed by atoms with van der Waals surface area (Å²) in [5.41, 5.74) is 0. The van der Waals surface area contributed by atoms with E-state index in [1.165, 1.54) is 11.3 Å². The van der Waals surface area contributed by atoms with Gasteiger partial charge in [-0.15, -0.1) is 11.3 Å². The minimum atomic E-state index is -3.32. The Morgan fingerprint density at radius 3 is 2.81 bits per heavy atom. The molecule has 1 aromatic rings. The topological polar surface area (TPSA) is 49.4 Å². The Labute approximate surface area is 136 Å². The van der Waals surface area contributed by atoms with Crippen molar-refractivity contribution in [3.63, 3.8) is 0 Å². The van der Waals surface area contributed by atoms with E-state index in [4.69, 9.17) is 0 Å². The van der Waals surface area contributed by atoms with Crippen molar-refractivity contribution in [2.75, 3.05) is 32.4 Å². The Balaban J connectivity index is 2.12. The molecule has 2 rings (SSSR count). The molecule has 120 valence electrons. The summed E-state index contributed by atoms with van der Waals surface area (Å²) >= 11 is 3.27. The molecule has 1 aliphatic rings. The van der Waals surface area contributed by atoms with E-state index in [-0.39, 0.29) is 4.75 Å². The van der Waals surface area contributed by atoms with Crippen molar-refractivity contribution >= 4 is 33.1 Å². The van der Waals surface area contributed by atoms with Gasteiger partial charge < -0.3 is 5.32 Å². The van der Waals surface area contributed by atoms with E-state index in [2.05, 4.69) is 19.2 Å². The number of nitrogens with zero attached hydrogens (tertiary/aromatic N) is 1. The number of rotatable bonds is 5. The van der Waals surface area contributed by atoms with Crippen molar-refractivity contribution in [1.82, 2.24) is 9.62 Å². The van der Waals surface area contributed by atoms with Gasteiger partial charge in [-0.1, -0.05) is 13.8 Å². The van der Waals surface area contributed by atoms with Crippen LogP contribution in [0.5, 0.6) is 0 Å². The smallest absolute Gasteiger partial charge is 0.252 e. The predicted molar refractivity (Wildman–Crippen MR) is 91.9 cm³/mol. The summed E-state index contributed by atoms with van der Waals surface area (Å²) < 4.78 is 27.8. The highest BCUT2D eigenvalue weighted by Gasteiger charge is 2.31. The fourth-order valence-corrected chi connectivity index (χ4v) is 6.42. The molecular formula is C14H24N2O2S3. The average Bonchev–Trinajstić information content (AvgIpc) is 2.81. The lowest BCUT2D eigenvalue weighted by atomic mass is 10.1. The van der Waals surface area contributed by atoms with Crippen LogP contribution in [0.4, 0.5) is 0 Å². The third-order valence-corrected chi connectivity index (χ3v) is 8.53. The Morgan fingerprint density at radius 1 is 1.33 bits per heavy atom. The first-order chi connectivity index (χ1) is 9.85. The highest BCUT2D eigenvalue weighted by atomic mass is 32.2. The molecule has 0 unspecified atom stereocenters. The highest BCUT2D eigenvalue weighted by Crippen LogP contribution is 2.33. The Bertz CT molecular complexity index is 567. The molecule has 0 amide bonds. The van der Waals surface area contributed by atoms with Gasteiger partial charge in [0.05, 0.1) is 0 Å². The molecule has 0 spiro atoms. The van der Waals surface area contributed by atoms with Crippen LogP contribution in [0.25, 0.3) is 0 Å². The fraction of sp³-hybridized carbons (Fsp3) is 0.714. The van der Waals surface area contributed by atoms with Crippen LogP contribution in [0.15, 0.2) is 16.3 Å². The van der Waals surface area contributed by atoms with Gasteiger partial charge in [0.2, 0.25) is 0 Å². The maximum atomic E-state index is 12.7. The maximum Gasteiger partial charge on any atom is 0.252 e. The molecule has 4 nitrogen and oxygen atoms in total. The summed E-state index contributed by atoms with van der Waals surface area (Å²) in [6.07, 6.45) is 1.77. The van der Waals surface area contributed by atoms with Crippen LogP contribution >= 0.6 is 23.1 Å². The molecule has 1 N–H and O–H groups in total. The molecular weight excluding hydrogens is 324 g/mol. The lowest BCUT2D eigenvalue weighted by Gasteiger charge is -2.22. The van der Waals surface area contributed by atoms with Crippen molar-refractivity contribution in [2.24, 2.45) is 0 Å². The van der Waals surface area contributed by atoms with Crippen LogP contribution < -0.4 is 5.32 Å². The number of sulfonamides is 1. The predicted octanol–water partition coefficient (Wildman–Crippen LogP) is 2.42. The Kier molecular flexibility index (Phi) is 5.76. The summed E-state index contributed by atoms with van der Waals surface area (Å²) in [5, 5.41) is 3.09. The Morgan fingerprint density at radius 2 is 2.10 bits per heavy atom. The van der Waals surface area contributed by atoms with Gasteiger partial charge in [0, 0.05) is 28.5 Å². The molecule has 0 aliphatic carbocycles. The third kappa shape index (κ3) is 4.45. The molecule has 0 atom stereocenters. The second-order valence-electron chi connectivity index (χ2n) is 5.84. The van der Waals surface area contributed by atoms with Crippen LogP contribution in [0.1, 0.15) is 25.1 Å². The number of thioether (sulfide) groups is 1. The van der Waals surface area contributed by atoms with Gasteiger partial charge in [0.1, 0.15) is 4.21 Å². The first-order valence-corrected chi connectivity index (χ1v) is 10.5. The molecule has 7 heteroatoms. The lowest BCUT2D eigenvalue weighted by molar-refractivity contribution is 0.416. The largest absolute Gasteiger partial charge is 0.319 e. The van der Waals surface area contributed by atoms with E-state index in [9.17, 15) is 8.42 Å². The van der Waals surface area contributed by atoms with Gasteiger partial charge in [0.15, 0.2) is 0 Å². The molecule has 0 saturated carbocycles. The number of hydrogen-bond acceptors (Lipinski definition) is 5. The summed E-state index contributed by atoms with van der Waals surface area (Å²) in [6, 6.07) is 3.69. The second-order valence-corrected chi connectivity index (χ2v) is 11.0. The zero-order chi connectivity index (χ0) is 15.5. The van der Waals surface area contributed by atoms with Crippen LogP contribution in [-0.2, 0) is 16.4 Å². The van der Waals surface area contributed by atoms with Gasteiger partial charge >= 0.3 is 0 Å². The van der Waals surface area contributed by atoms with Crippen LogP contribution in [0.3, 0.4) is 0 Å². The molecule has 1 aromatic heterocycles. The first-order valence-electron chi connectivity index (χ1n) is 7.22. The van der Waals surface area contributed by atoms with Crippen LogP contribution in [0, 0.1) is 0 Å². The number of hydrogen-bond donors (Lipinski definition) is 1. The van der Waals surface area contributed by atoms with Crippen molar-refractivity contribution in [3.05, 3.63) is 17.0 Å². The van der Waals surface area contributed by atoms with Gasteiger partial charge in [-0.2, -0.15) is 16.1 Å². The summed E-state index contributed by atoms with van der Waals surface area (Å²) in [4.78, 5) is 1.12. The van der Waals surface area contributed by atoms with Crippen molar-refractivity contribution in [2.45, 2.75) is 35.6 Å². The molecule has 2 heterocycles. The molecule has 1 saturated heterocycles. The summed E-state index contributed by atoms with van der Waals surface area (Å²) in [6.45, 7) is 6.48. The zero-order valence-corrected chi connectivity index (χ0v) is 15.3. The molecule has 0 radical (unpaired) electrons. The zero-order valence-electron chi connectivity index (χ0n) is 12.9. The third-order valence-electron chi connectivity index (χ3n) is 3.65. The van der Waals surface area contributed by atoms with Gasteiger partial charge in [-0.25, -0.2) is 8.42 Å². The quantitative estimate of drug-likeness (QED) is 0.888. The van der Waals surface area contributed by atoms with E-state index in [0.717, 1.165) is 30.0 Å². The van der Waals surface area contributed by atoms with E-state index in [0.29, 0.717) is 17.3 Å². The molecule has 1 aliphatic heterocycles. The van der Waals surface area contributed by atoms with Crippen LogP contribution in [-0.4, -0.2) is 49.9 Å². The molecule has 0 aromatic carbocycles. The van der Waals surface area contributed by atoms with E-state index in [1.54, 1.807) is 10.4 Å². The standard InChI is InChI=1S/C14H24N2O2S3/c1-14(2)7-9-16(10-11-19-14)21(17,18)13-5-4-12(20-13)6-8-15-3/h4-5,15H,6-11H2,1-3H3. The van der Waals surface area contributed by atoms with Crippen LogP contribution in [0.2, 0.25) is 0 Å². The monoisotopic (exact) mass is 348 g/mol. The number of thiophene rings is 1. The maximum absolute atomic E-state index is 12.7. The summed E-state index contributed by atoms with van der Waals surface area (Å²) in [5.74, 6) is 0.865. The van der Waals surface area contributed by atoms with E-state index in [1.807, 2.05) is 24.9 Å². The van der Waals surface area contributed by atoms with Gasteiger partial charge in [-0.3, -0.25) is 0 Å². The normalized spacial score (nSPS) is 20.3.